The van der Waals surface area contributed by atoms with E-state index in [0.717, 1.165) is 5.56 Å². The zero-order valence-corrected chi connectivity index (χ0v) is 9.14. The molecule has 1 aromatic rings. The Morgan fingerprint density at radius 3 is 2.93 bits per heavy atom. The van der Waals surface area contributed by atoms with Crippen LogP contribution in [0.25, 0.3) is 0 Å². The highest BCUT2D eigenvalue weighted by atomic mass is 35.5. The number of nitriles is 1. The van der Waals surface area contributed by atoms with Crippen LogP contribution in [-0.4, -0.2) is 12.5 Å². The molecule has 0 saturated carbocycles. The summed E-state index contributed by atoms with van der Waals surface area (Å²) in [4.78, 5) is 11.5. The first-order valence-corrected chi connectivity index (χ1v) is 4.94. The lowest BCUT2D eigenvalue weighted by atomic mass is 10.1. The van der Waals surface area contributed by atoms with E-state index in [0.29, 0.717) is 23.6 Å². The highest BCUT2D eigenvalue weighted by Crippen LogP contribution is 2.16. The summed E-state index contributed by atoms with van der Waals surface area (Å²) in [7, 11) is 0. The number of hydrogen-bond donors (Lipinski definition) is 1. The van der Waals surface area contributed by atoms with Crippen molar-refractivity contribution in [2.45, 2.75) is 13.3 Å². The number of rotatable bonds is 3. The van der Waals surface area contributed by atoms with Crippen molar-refractivity contribution in [1.29, 1.82) is 5.26 Å². The molecule has 0 aromatic heterocycles. The molecule has 1 amide bonds. The van der Waals surface area contributed by atoms with Crippen molar-refractivity contribution >= 4 is 17.5 Å². The average Bonchev–Trinajstić information content (AvgIpc) is 2.22. The molecule has 0 spiro atoms. The fourth-order valence-electron chi connectivity index (χ4n) is 1.12. The van der Waals surface area contributed by atoms with Gasteiger partial charge in [-0.2, -0.15) is 5.26 Å². The van der Waals surface area contributed by atoms with E-state index in [4.69, 9.17) is 16.9 Å². The summed E-state index contributed by atoms with van der Waals surface area (Å²) in [6.07, 6.45) is 0.318. The Hall–Kier alpha value is -1.53. The summed E-state index contributed by atoms with van der Waals surface area (Å²) in [6.45, 7) is 2.21. The van der Waals surface area contributed by atoms with Crippen LogP contribution >= 0.6 is 11.6 Å². The Morgan fingerprint density at radius 1 is 1.60 bits per heavy atom. The molecule has 0 saturated heterocycles. The van der Waals surface area contributed by atoms with Gasteiger partial charge < -0.3 is 5.32 Å². The van der Waals surface area contributed by atoms with Crippen LogP contribution in [0, 0.1) is 18.3 Å². The Morgan fingerprint density at radius 2 is 2.33 bits per heavy atom. The lowest BCUT2D eigenvalue weighted by Crippen LogP contribution is -2.24. The number of nitrogens with one attached hydrogen (secondary N) is 1. The van der Waals surface area contributed by atoms with Crippen LogP contribution in [0.1, 0.15) is 22.3 Å². The molecule has 78 valence electrons. The molecule has 1 N–H and O–H groups in total. The first kappa shape index (κ1) is 11.5. The second kappa shape index (κ2) is 5.38. The fraction of sp³-hybridized carbons (Fsp3) is 0.273. The van der Waals surface area contributed by atoms with Crippen molar-refractivity contribution in [3.63, 3.8) is 0 Å². The maximum absolute atomic E-state index is 11.5. The summed E-state index contributed by atoms with van der Waals surface area (Å²) in [5.41, 5.74) is 1.43. The molecule has 0 radical (unpaired) electrons. The predicted molar refractivity (Wildman–Crippen MR) is 58.8 cm³/mol. The number of aryl methyl sites for hydroxylation is 1. The molecule has 0 aliphatic rings. The van der Waals surface area contributed by atoms with Crippen LogP contribution in [-0.2, 0) is 0 Å². The minimum absolute atomic E-state index is 0.176. The molecular weight excluding hydrogens is 212 g/mol. The molecule has 0 heterocycles. The summed E-state index contributed by atoms with van der Waals surface area (Å²) in [5, 5.41) is 11.6. The van der Waals surface area contributed by atoms with E-state index in [9.17, 15) is 4.79 Å². The van der Waals surface area contributed by atoms with Crippen molar-refractivity contribution < 1.29 is 4.79 Å². The van der Waals surface area contributed by atoms with Crippen molar-refractivity contribution in [2.75, 3.05) is 6.54 Å². The van der Waals surface area contributed by atoms with E-state index in [2.05, 4.69) is 5.32 Å². The Kier molecular flexibility index (Phi) is 4.14. The molecule has 0 unspecified atom stereocenters. The molecule has 0 aliphatic carbocycles. The summed E-state index contributed by atoms with van der Waals surface area (Å²) < 4.78 is 0. The molecule has 0 atom stereocenters. The SMILES string of the molecule is Cc1cc(C(=O)NCCC#N)ccc1Cl. The minimum Gasteiger partial charge on any atom is -0.351 e. The number of hydrogen-bond acceptors (Lipinski definition) is 2. The molecule has 0 fully saturated rings. The van der Waals surface area contributed by atoms with Gasteiger partial charge in [0.25, 0.3) is 5.91 Å². The third-order valence-corrected chi connectivity index (χ3v) is 2.37. The molecule has 1 rings (SSSR count). The molecule has 1 aromatic carbocycles. The van der Waals surface area contributed by atoms with Crippen molar-refractivity contribution in [3.05, 3.63) is 34.3 Å². The smallest absolute Gasteiger partial charge is 0.251 e. The standard InChI is InChI=1S/C11H11ClN2O/c1-8-7-9(3-4-10(8)12)11(15)14-6-2-5-13/h3-4,7H,2,6H2,1H3,(H,14,15). The van der Waals surface area contributed by atoms with Gasteiger partial charge in [0.2, 0.25) is 0 Å². The zero-order valence-electron chi connectivity index (χ0n) is 8.38. The third kappa shape index (κ3) is 3.26. The molecule has 0 bridgehead atoms. The zero-order chi connectivity index (χ0) is 11.3. The third-order valence-electron chi connectivity index (χ3n) is 1.94. The molecule has 15 heavy (non-hydrogen) atoms. The van der Waals surface area contributed by atoms with Gasteiger partial charge in [0, 0.05) is 17.1 Å². The van der Waals surface area contributed by atoms with Crippen LogP contribution in [0.2, 0.25) is 5.02 Å². The quantitative estimate of drug-likeness (QED) is 0.798. The lowest BCUT2D eigenvalue weighted by Gasteiger charge is -2.04. The van der Waals surface area contributed by atoms with Gasteiger partial charge in [0.1, 0.15) is 0 Å². The first-order valence-electron chi connectivity index (χ1n) is 4.56. The highest BCUT2D eigenvalue weighted by molar-refractivity contribution is 6.31. The van der Waals surface area contributed by atoms with E-state index in [1.807, 2.05) is 13.0 Å². The maximum Gasteiger partial charge on any atom is 0.251 e. The molecule has 3 nitrogen and oxygen atoms in total. The maximum atomic E-state index is 11.5. The minimum atomic E-state index is -0.176. The molecule has 4 heteroatoms. The first-order chi connectivity index (χ1) is 7.15. The van der Waals surface area contributed by atoms with Gasteiger partial charge in [0.05, 0.1) is 12.5 Å². The average molecular weight is 223 g/mol. The summed E-state index contributed by atoms with van der Waals surface area (Å²) in [5.74, 6) is -0.176. The summed E-state index contributed by atoms with van der Waals surface area (Å²) >= 11 is 5.84. The predicted octanol–water partition coefficient (Wildman–Crippen LogP) is 2.29. The van der Waals surface area contributed by atoms with E-state index in [1.54, 1.807) is 18.2 Å². The topological polar surface area (TPSA) is 52.9 Å². The van der Waals surface area contributed by atoms with E-state index in [-0.39, 0.29) is 5.91 Å². The number of amides is 1. The van der Waals surface area contributed by atoms with Crippen LogP contribution in [0.5, 0.6) is 0 Å². The van der Waals surface area contributed by atoms with Crippen LogP contribution in [0.3, 0.4) is 0 Å². The van der Waals surface area contributed by atoms with Crippen LogP contribution < -0.4 is 5.32 Å². The van der Waals surface area contributed by atoms with Gasteiger partial charge >= 0.3 is 0 Å². The highest BCUT2D eigenvalue weighted by Gasteiger charge is 2.05. The number of carbonyl (C=O) groups excluding carboxylic acids is 1. The van der Waals surface area contributed by atoms with E-state index in [1.165, 1.54) is 0 Å². The molecular formula is C11H11ClN2O. The van der Waals surface area contributed by atoms with E-state index < -0.39 is 0 Å². The van der Waals surface area contributed by atoms with Gasteiger partial charge in [-0.25, -0.2) is 0 Å². The Balaban J connectivity index is 2.67. The second-order valence-corrected chi connectivity index (χ2v) is 3.54. The number of benzene rings is 1. The normalized spacial score (nSPS) is 9.40. The van der Waals surface area contributed by atoms with Crippen molar-refractivity contribution in [2.24, 2.45) is 0 Å². The second-order valence-electron chi connectivity index (χ2n) is 3.13. The van der Waals surface area contributed by atoms with Gasteiger partial charge in [0.15, 0.2) is 0 Å². The van der Waals surface area contributed by atoms with Crippen LogP contribution in [0.4, 0.5) is 0 Å². The fourth-order valence-corrected chi connectivity index (χ4v) is 1.24. The number of halogens is 1. The summed E-state index contributed by atoms with van der Waals surface area (Å²) in [6, 6.07) is 7.04. The number of nitrogens with zero attached hydrogens (tertiary/aromatic N) is 1. The van der Waals surface area contributed by atoms with Gasteiger partial charge in [-0.3, -0.25) is 4.79 Å². The van der Waals surface area contributed by atoms with Crippen LogP contribution in [0.15, 0.2) is 18.2 Å². The number of carbonyl (C=O) groups is 1. The van der Waals surface area contributed by atoms with Crippen molar-refractivity contribution in [1.82, 2.24) is 5.32 Å². The van der Waals surface area contributed by atoms with Gasteiger partial charge in [-0.1, -0.05) is 11.6 Å². The largest absolute Gasteiger partial charge is 0.351 e. The monoisotopic (exact) mass is 222 g/mol. The Labute approximate surface area is 93.7 Å². The van der Waals surface area contributed by atoms with E-state index >= 15 is 0 Å². The molecule has 0 aliphatic heterocycles. The van der Waals surface area contributed by atoms with Crippen molar-refractivity contribution in [3.8, 4) is 6.07 Å². The van der Waals surface area contributed by atoms with Gasteiger partial charge in [-0.15, -0.1) is 0 Å². The van der Waals surface area contributed by atoms with Gasteiger partial charge in [-0.05, 0) is 30.7 Å². The lowest BCUT2D eigenvalue weighted by molar-refractivity contribution is 0.0954. The Bertz CT molecular complexity index is 410.